The summed E-state index contributed by atoms with van der Waals surface area (Å²) in [5, 5.41) is 10.0. The Hall–Kier alpha value is -0.506. The van der Waals surface area contributed by atoms with E-state index in [0.717, 1.165) is 15.4 Å². The van der Waals surface area contributed by atoms with E-state index in [0.29, 0.717) is 0 Å². The predicted molar refractivity (Wildman–Crippen MR) is 49.9 cm³/mol. The van der Waals surface area contributed by atoms with Gasteiger partial charge in [0, 0.05) is 35.0 Å². The zero-order valence-electron chi connectivity index (χ0n) is 6.53. The van der Waals surface area contributed by atoms with Crippen molar-refractivity contribution >= 4 is 26.8 Å². The van der Waals surface area contributed by atoms with Crippen molar-refractivity contribution in [1.29, 1.82) is 0 Å². The first-order chi connectivity index (χ1) is 5.75. The van der Waals surface area contributed by atoms with Crippen molar-refractivity contribution in [1.82, 2.24) is 4.98 Å². The van der Waals surface area contributed by atoms with E-state index in [-0.39, 0.29) is 24.3 Å². The minimum Gasteiger partial charge on any atom is -0.566 e. The van der Waals surface area contributed by atoms with Gasteiger partial charge in [0.15, 0.2) is 0 Å². The van der Waals surface area contributed by atoms with Crippen LogP contribution in [0, 0.1) is 6.07 Å². The van der Waals surface area contributed by atoms with Gasteiger partial charge in [-0.05, 0) is 5.52 Å². The maximum absolute atomic E-state index is 9.15. The topological polar surface area (TPSA) is 33.1 Å². The van der Waals surface area contributed by atoms with Crippen molar-refractivity contribution in [2.75, 3.05) is 0 Å². The minimum atomic E-state index is 0. The van der Waals surface area contributed by atoms with Crippen LogP contribution in [0.5, 0.6) is 5.75 Å². The molecule has 0 fully saturated rings. The van der Waals surface area contributed by atoms with E-state index in [1.807, 2.05) is 6.07 Å². The summed E-state index contributed by atoms with van der Waals surface area (Å²) in [5.74, 6) is 0.211. The summed E-state index contributed by atoms with van der Waals surface area (Å²) in [6.07, 6.45) is 1.70. The molecule has 0 aliphatic carbocycles. The van der Waals surface area contributed by atoms with Gasteiger partial charge in [-0.2, -0.15) is 6.07 Å². The average Bonchev–Trinajstić information content (AvgIpc) is 2.03. The number of nitrogens with zero attached hydrogens (tertiary/aromatic N) is 1. The number of hydrogen-bond donors (Lipinski definition) is 1. The van der Waals surface area contributed by atoms with Crippen LogP contribution in [-0.4, -0.2) is 10.1 Å². The number of hydrogen-bond acceptors (Lipinski definition) is 2. The van der Waals surface area contributed by atoms with Crippen LogP contribution in [0.2, 0.25) is 0 Å². The average molecular weight is 274 g/mol. The third-order valence-electron chi connectivity index (χ3n) is 1.54. The van der Waals surface area contributed by atoms with E-state index in [1.165, 1.54) is 6.07 Å². The number of pyridine rings is 1. The Bertz CT molecular complexity index is 396. The molecule has 1 radical (unpaired) electrons. The van der Waals surface area contributed by atoms with Crippen molar-refractivity contribution in [3.05, 3.63) is 34.9 Å². The van der Waals surface area contributed by atoms with Crippen LogP contribution < -0.4 is 0 Å². The Kier molecular flexibility index (Phi) is 3.36. The van der Waals surface area contributed by atoms with E-state index in [1.54, 1.807) is 12.3 Å². The van der Waals surface area contributed by atoms with Gasteiger partial charge >= 0.3 is 0 Å². The number of rotatable bonds is 0. The summed E-state index contributed by atoms with van der Waals surface area (Å²) >= 11 is 3.30. The molecule has 2 aromatic rings. The van der Waals surface area contributed by atoms with Gasteiger partial charge < -0.3 is 5.11 Å². The number of aromatic hydroxyl groups is 1. The van der Waals surface area contributed by atoms with Crippen molar-refractivity contribution in [3.63, 3.8) is 0 Å². The van der Waals surface area contributed by atoms with Gasteiger partial charge in [-0.1, -0.05) is 22.0 Å². The van der Waals surface area contributed by atoms with E-state index < -0.39 is 0 Å². The van der Waals surface area contributed by atoms with E-state index >= 15 is 0 Å². The standard InChI is InChI=1S/C9H5BrNO.V/c10-7-3-6-4-8(12)1-2-9(6)11-5-7;/h1,3-5,12H;/q-1;. The molecule has 0 aliphatic heterocycles. The Morgan fingerprint density at radius 1 is 1.38 bits per heavy atom. The second kappa shape index (κ2) is 4.14. The monoisotopic (exact) mass is 273 g/mol. The van der Waals surface area contributed by atoms with Crippen LogP contribution in [-0.2, 0) is 18.6 Å². The quantitative estimate of drug-likeness (QED) is 0.749. The van der Waals surface area contributed by atoms with E-state index in [9.17, 15) is 0 Å². The fourth-order valence-electron chi connectivity index (χ4n) is 1.03. The molecule has 1 heterocycles. The fraction of sp³-hybridized carbons (Fsp3) is 0. The molecule has 2 nitrogen and oxygen atoms in total. The zero-order chi connectivity index (χ0) is 8.55. The molecule has 0 saturated heterocycles. The minimum absolute atomic E-state index is 0. The molecule has 13 heavy (non-hydrogen) atoms. The van der Waals surface area contributed by atoms with Gasteiger partial charge in [-0.3, -0.25) is 4.98 Å². The summed E-state index contributed by atoms with van der Waals surface area (Å²) in [4.78, 5) is 4.11. The Balaban J connectivity index is 0.000000845. The molecule has 2 rings (SSSR count). The third-order valence-corrected chi connectivity index (χ3v) is 1.98. The first-order valence-corrected chi connectivity index (χ1v) is 4.21. The first kappa shape index (κ1) is 10.6. The Morgan fingerprint density at radius 2 is 2.15 bits per heavy atom. The summed E-state index contributed by atoms with van der Waals surface area (Å²) in [7, 11) is 0. The predicted octanol–water partition coefficient (Wildman–Crippen LogP) is 2.50. The largest absolute Gasteiger partial charge is 0.566 e. The molecule has 0 spiro atoms. The summed E-state index contributed by atoms with van der Waals surface area (Å²) in [6.45, 7) is 0. The SMILES string of the molecule is Oc1c[c-]c2ncc(Br)cc2c1.[V]. The zero-order valence-corrected chi connectivity index (χ0v) is 9.51. The van der Waals surface area contributed by atoms with Crippen molar-refractivity contribution < 1.29 is 23.7 Å². The maximum atomic E-state index is 9.15. The molecule has 1 aromatic heterocycles. The number of benzene rings is 1. The molecule has 0 saturated carbocycles. The van der Waals surface area contributed by atoms with E-state index in [2.05, 4.69) is 27.0 Å². The molecule has 1 aromatic carbocycles. The van der Waals surface area contributed by atoms with E-state index in [4.69, 9.17) is 5.11 Å². The molecule has 1 N–H and O–H groups in total. The second-order valence-electron chi connectivity index (χ2n) is 2.45. The van der Waals surface area contributed by atoms with Gasteiger partial charge in [0.25, 0.3) is 0 Å². The van der Waals surface area contributed by atoms with Crippen LogP contribution >= 0.6 is 15.9 Å². The molecule has 0 atom stereocenters. The molecule has 0 unspecified atom stereocenters. The third kappa shape index (κ3) is 2.24. The number of phenols is 1. The van der Waals surface area contributed by atoms with Gasteiger partial charge in [-0.25, -0.2) is 0 Å². The molecular weight excluding hydrogens is 269 g/mol. The molecule has 4 heteroatoms. The van der Waals surface area contributed by atoms with Crippen LogP contribution in [0.3, 0.4) is 0 Å². The Labute approximate surface area is 96.0 Å². The number of halogens is 1. The fourth-order valence-corrected chi connectivity index (χ4v) is 1.38. The van der Waals surface area contributed by atoms with Crippen LogP contribution in [0.15, 0.2) is 28.9 Å². The summed E-state index contributed by atoms with van der Waals surface area (Å²) < 4.78 is 0.897. The van der Waals surface area contributed by atoms with Gasteiger partial charge in [-0.15, -0.1) is 17.5 Å². The smallest absolute Gasteiger partial charge is 0.0381 e. The second-order valence-corrected chi connectivity index (χ2v) is 3.36. The number of aromatic nitrogens is 1. The molecular formula is C9H5BrNOV-. The number of phenolic OH excluding ortho intramolecular Hbond substituents is 1. The van der Waals surface area contributed by atoms with Crippen molar-refractivity contribution in [2.24, 2.45) is 0 Å². The normalized spacial score (nSPS) is 9.62. The molecule has 0 aliphatic rings. The van der Waals surface area contributed by atoms with Gasteiger partial charge in [0.2, 0.25) is 0 Å². The van der Waals surface area contributed by atoms with Crippen LogP contribution in [0.1, 0.15) is 0 Å². The Morgan fingerprint density at radius 3 is 2.92 bits per heavy atom. The maximum Gasteiger partial charge on any atom is 0.0381 e. The van der Waals surface area contributed by atoms with Gasteiger partial charge in [0.1, 0.15) is 0 Å². The molecule has 0 amide bonds. The van der Waals surface area contributed by atoms with Crippen LogP contribution in [0.4, 0.5) is 0 Å². The number of fused-ring (bicyclic) bond motifs is 1. The van der Waals surface area contributed by atoms with Crippen molar-refractivity contribution in [3.8, 4) is 5.75 Å². The summed E-state index contributed by atoms with van der Waals surface area (Å²) in [5.41, 5.74) is 0.760. The van der Waals surface area contributed by atoms with Gasteiger partial charge in [0.05, 0.1) is 0 Å². The molecule has 65 valence electrons. The van der Waals surface area contributed by atoms with Crippen LogP contribution in [0.25, 0.3) is 10.9 Å². The van der Waals surface area contributed by atoms with Crippen molar-refractivity contribution in [2.45, 2.75) is 0 Å². The summed E-state index contributed by atoms with van der Waals surface area (Å²) in [6, 6.07) is 7.91. The molecule has 0 bridgehead atoms. The first-order valence-electron chi connectivity index (χ1n) is 3.42.